The number of hydrogen-bond acceptors (Lipinski definition) is 5. The average molecular weight is 536 g/mol. The van der Waals surface area contributed by atoms with Gasteiger partial charge in [-0.2, -0.15) is 10.2 Å². The average Bonchev–Trinajstić information content (AvgIpc) is 3.66. The van der Waals surface area contributed by atoms with E-state index >= 15 is 0 Å². The first-order chi connectivity index (χ1) is 19.3. The van der Waals surface area contributed by atoms with Gasteiger partial charge < -0.3 is 9.80 Å². The number of aromatic nitrogens is 5. The maximum atomic E-state index is 12.2. The van der Waals surface area contributed by atoms with Gasteiger partial charge in [0.25, 0.3) is 0 Å². The lowest BCUT2D eigenvalue weighted by Crippen LogP contribution is -2.59. The number of hydrogen-bond donors (Lipinski definition) is 1. The lowest BCUT2D eigenvalue weighted by Gasteiger charge is -2.47. The van der Waals surface area contributed by atoms with Gasteiger partial charge in [0.2, 0.25) is 5.91 Å². The van der Waals surface area contributed by atoms with Crippen molar-refractivity contribution in [1.29, 1.82) is 0 Å². The second-order valence-corrected chi connectivity index (χ2v) is 12.3. The van der Waals surface area contributed by atoms with Crippen molar-refractivity contribution in [3.8, 4) is 11.1 Å². The highest BCUT2D eigenvalue weighted by atomic mass is 16.2. The molecular formula is C32H37N7O. The van der Waals surface area contributed by atoms with E-state index in [2.05, 4.69) is 66.7 Å². The van der Waals surface area contributed by atoms with Gasteiger partial charge in [-0.25, -0.2) is 4.98 Å². The number of carbonyl (C=O) groups is 1. The maximum Gasteiger partial charge on any atom is 0.245 e. The summed E-state index contributed by atoms with van der Waals surface area (Å²) in [6.45, 7) is 13.8. The Balaban J connectivity index is 1.34. The minimum Gasteiger partial charge on any atom is -0.356 e. The first-order valence-electron chi connectivity index (χ1n) is 14.4. The van der Waals surface area contributed by atoms with Crippen LogP contribution in [0.15, 0.2) is 37.2 Å². The highest BCUT2D eigenvalue weighted by Gasteiger charge is 2.49. The third kappa shape index (κ3) is 3.72. The summed E-state index contributed by atoms with van der Waals surface area (Å²) in [6, 6.07) is 4.37. The minimum atomic E-state index is 0.0362. The van der Waals surface area contributed by atoms with Gasteiger partial charge in [-0.1, -0.05) is 18.7 Å². The summed E-state index contributed by atoms with van der Waals surface area (Å²) in [5.74, 6) is 1.53. The molecule has 2 fully saturated rings. The number of rotatable bonds is 4. The molecule has 1 aliphatic carbocycles. The molecule has 0 radical (unpaired) electrons. The van der Waals surface area contributed by atoms with Crippen LogP contribution >= 0.6 is 0 Å². The Labute approximate surface area is 235 Å². The molecule has 3 aromatic heterocycles. The molecule has 40 heavy (non-hydrogen) atoms. The molecule has 1 amide bonds. The normalized spacial score (nSPS) is 19.8. The number of aromatic amines is 1. The monoisotopic (exact) mass is 535 g/mol. The third-order valence-corrected chi connectivity index (χ3v) is 9.70. The zero-order chi connectivity index (χ0) is 27.8. The number of benzene rings is 1. The first-order valence-corrected chi connectivity index (χ1v) is 14.4. The summed E-state index contributed by atoms with van der Waals surface area (Å²) in [6.07, 6.45) is 9.39. The molecular weight excluding hydrogens is 498 g/mol. The van der Waals surface area contributed by atoms with E-state index < -0.39 is 0 Å². The van der Waals surface area contributed by atoms with E-state index in [1.807, 2.05) is 22.0 Å². The van der Waals surface area contributed by atoms with E-state index in [1.54, 1.807) is 0 Å². The molecule has 4 aromatic rings. The van der Waals surface area contributed by atoms with Crippen molar-refractivity contribution < 1.29 is 4.79 Å². The van der Waals surface area contributed by atoms with Crippen LogP contribution in [0, 0.1) is 26.2 Å². The van der Waals surface area contributed by atoms with E-state index in [-0.39, 0.29) is 11.3 Å². The predicted molar refractivity (Wildman–Crippen MR) is 158 cm³/mol. The fourth-order valence-electron chi connectivity index (χ4n) is 7.74. The molecule has 206 valence electrons. The van der Waals surface area contributed by atoms with Gasteiger partial charge in [-0.05, 0) is 80.3 Å². The first kappa shape index (κ1) is 25.1. The second-order valence-electron chi connectivity index (χ2n) is 12.3. The molecule has 0 saturated carbocycles. The number of carbonyl (C=O) groups excluding carboxylic acids is 1. The smallest absolute Gasteiger partial charge is 0.245 e. The number of anilines is 1. The molecule has 7 rings (SSSR count). The quantitative estimate of drug-likeness (QED) is 0.380. The molecule has 8 heteroatoms. The lowest BCUT2D eigenvalue weighted by atomic mass is 9.78. The highest BCUT2D eigenvalue weighted by Crippen LogP contribution is 2.47. The van der Waals surface area contributed by atoms with Gasteiger partial charge in [-0.3, -0.25) is 14.6 Å². The molecule has 0 bridgehead atoms. The topological polar surface area (TPSA) is 82.9 Å². The van der Waals surface area contributed by atoms with Crippen LogP contribution in [-0.2, 0) is 24.7 Å². The number of nitrogens with zero attached hydrogens (tertiary/aromatic N) is 6. The Bertz CT molecular complexity index is 1650. The van der Waals surface area contributed by atoms with Crippen LogP contribution in [0.5, 0.6) is 0 Å². The largest absolute Gasteiger partial charge is 0.356 e. The zero-order valence-electron chi connectivity index (χ0n) is 23.9. The van der Waals surface area contributed by atoms with Crippen LogP contribution in [0.4, 0.5) is 5.82 Å². The summed E-state index contributed by atoms with van der Waals surface area (Å²) in [4.78, 5) is 22.0. The van der Waals surface area contributed by atoms with Crippen molar-refractivity contribution in [3.63, 3.8) is 0 Å². The van der Waals surface area contributed by atoms with Crippen LogP contribution in [0.3, 0.4) is 0 Å². The third-order valence-electron chi connectivity index (χ3n) is 9.70. The van der Waals surface area contributed by atoms with Crippen molar-refractivity contribution in [1.82, 2.24) is 29.9 Å². The molecule has 8 nitrogen and oxygen atoms in total. The van der Waals surface area contributed by atoms with Gasteiger partial charge in [0, 0.05) is 66.9 Å². The number of fused-ring (bicyclic) bond motifs is 2. The van der Waals surface area contributed by atoms with Crippen LogP contribution in [0.1, 0.15) is 52.4 Å². The van der Waals surface area contributed by atoms with Crippen molar-refractivity contribution in [3.05, 3.63) is 70.8 Å². The number of likely N-dealkylation sites (tertiary alicyclic amines) is 1. The Morgan fingerprint density at radius 3 is 2.70 bits per heavy atom. The van der Waals surface area contributed by atoms with Gasteiger partial charge in [0.1, 0.15) is 5.82 Å². The Morgan fingerprint density at radius 2 is 1.95 bits per heavy atom. The number of H-pyrrole nitrogens is 1. The van der Waals surface area contributed by atoms with Crippen molar-refractivity contribution in [2.75, 3.05) is 31.1 Å². The summed E-state index contributed by atoms with van der Waals surface area (Å²) < 4.78 is 2.05. The fraction of sp³-hybridized carbons (Fsp3) is 0.438. The summed E-state index contributed by atoms with van der Waals surface area (Å²) in [7, 11) is 2.06. The van der Waals surface area contributed by atoms with E-state index in [9.17, 15) is 4.79 Å². The Morgan fingerprint density at radius 1 is 1.12 bits per heavy atom. The fourth-order valence-corrected chi connectivity index (χ4v) is 7.74. The zero-order valence-corrected chi connectivity index (χ0v) is 23.9. The molecule has 2 aliphatic heterocycles. The maximum absolute atomic E-state index is 12.2. The number of pyridine rings is 1. The van der Waals surface area contributed by atoms with Crippen LogP contribution in [0.2, 0.25) is 0 Å². The number of nitrogens with one attached hydrogen (secondary N) is 1. The minimum absolute atomic E-state index is 0.0362. The van der Waals surface area contributed by atoms with E-state index in [0.29, 0.717) is 5.92 Å². The highest BCUT2D eigenvalue weighted by molar-refractivity contribution is 5.98. The molecule has 5 heterocycles. The van der Waals surface area contributed by atoms with Gasteiger partial charge >= 0.3 is 0 Å². The molecule has 0 unspecified atom stereocenters. The van der Waals surface area contributed by atoms with E-state index in [4.69, 9.17) is 4.98 Å². The number of aryl methyl sites for hydroxylation is 3. The predicted octanol–water partition coefficient (Wildman–Crippen LogP) is 4.78. The summed E-state index contributed by atoms with van der Waals surface area (Å²) >= 11 is 0. The van der Waals surface area contributed by atoms with Crippen molar-refractivity contribution in [2.24, 2.45) is 12.5 Å². The van der Waals surface area contributed by atoms with Gasteiger partial charge in [-0.15, -0.1) is 0 Å². The number of amides is 1. The van der Waals surface area contributed by atoms with E-state index in [0.717, 1.165) is 68.6 Å². The molecule has 1 spiro atoms. The molecule has 1 N–H and O–H groups in total. The summed E-state index contributed by atoms with van der Waals surface area (Å²) in [5.41, 5.74) is 11.5. The molecule has 1 aromatic carbocycles. The van der Waals surface area contributed by atoms with Crippen LogP contribution in [-0.4, -0.2) is 61.9 Å². The lowest BCUT2D eigenvalue weighted by molar-refractivity contribution is -0.136. The second kappa shape index (κ2) is 9.04. The molecule has 3 aliphatic rings. The summed E-state index contributed by atoms with van der Waals surface area (Å²) in [5, 5.41) is 13.4. The molecule has 1 atom stereocenters. The van der Waals surface area contributed by atoms with Crippen molar-refractivity contribution in [2.45, 2.75) is 52.4 Å². The SMILES string of the molecule is C=CC(=O)N1CC2(CCN(c3nc4c(c(-c5c(C)ccc6cn[nH]c56)c3C)CC[C@H](c3c(C)cnn3C)C4)C2)C1. The van der Waals surface area contributed by atoms with Gasteiger partial charge in [0.05, 0.1) is 17.9 Å². The molecule has 2 saturated heterocycles. The van der Waals surface area contributed by atoms with Crippen LogP contribution in [0.25, 0.3) is 22.0 Å². The van der Waals surface area contributed by atoms with Gasteiger partial charge in [0.15, 0.2) is 0 Å². The standard InChI is InChI=1S/C32H37N7O/c1-6-26(40)39-17-32(18-39)11-12-38(16-32)31-21(4)28(27-19(2)7-8-23-15-33-36-29(23)27)24-10-9-22(13-25(24)35-31)30-20(3)14-34-37(30)5/h6-8,14-15,22H,1,9-13,16-18H2,2-5H3,(H,33,36)/t22-/m0/s1. The van der Waals surface area contributed by atoms with Crippen LogP contribution < -0.4 is 4.90 Å². The van der Waals surface area contributed by atoms with E-state index in [1.165, 1.54) is 50.8 Å². The Kier molecular flexibility index (Phi) is 5.67. The Hall–Kier alpha value is -3.94. The van der Waals surface area contributed by atoms with Crippen molar-refractivity contribution >= 4 is 22.6 Å².